The van der Waals surface area contributed by atoms with Crippen LogP contribution in [0.5, 0.6) is 0 Å². The van der Waals surface area contributed by atoms with Crippen LogP contribution in [0.4, 0.5) is 4.79 Å². The first-order valence-electron chi connectivity index (χ1n) is 9.04. The fourth-order valence-electron chi connectivity index (χ4n) is 3.55. The van der Waals surface area contributed by atoms with Crippen molar-refractivity contribution < 1.29 is 24.2 Å². The van der Waals surface area contributed by atoms with E-state index in [0.29, 0.717) is 17.7 Å². The van der Waals surface area contributed by atoms with Crippen molar-refractivity contribution in [2.45, 2.75) is 58.8 Å². The van der Waals surface area contributed by atoms with E-state index in [9.17, 15) is 19.5 Å². The van der Waals surface area contributed by atoms with Crippen molar-refractivity contribution in [1.29, 1.82) is 0 Å². The Bertz CT molecular complexity index is 794. The highest BCUT2D eigenvalue weighted by Gasteiger charge is 2.39. The van der Waals surface area contributed by atoms with Crippen LogP contribution in [0.1, 0.15) is 49.4 Å². The predicted octanol–water partition coefficient (Wildman–Crippen LogP) is 1.35. The summed E-state index contributed by atoms with van der Waals surface area (Å²) in [4.78, 5) is 39.9. The standard InChI is InChI=1S/C18H26N4O5/c1-10-6-13-12(9-21(10)17(26)27-18(2,3)4)14-15(23)20(5)7-11(16(24)25)8-22(14)19-13/h10-11H,6-9H2,1-5H3,(H,24,25). The van der Waals surface area contributed by atoms with Crippen LogP contribution in [-0.2, 0) is 29.0 Å². The molecule has 9 heteroatoms. The third kappa shape index (κ3) is 3.63. The van der Waals surface area contributed by atoms with Crippen molar-refractivity contribution >= 4 is 18.0 Å². The highest BCUT2D eigenvalue weighted by Crippen LogP contribution is 2.30. The van der Waals surface area contributed by atoms with Crippen LogP contribution in [0.25, 0.3) is 0 Å². The van der Waals surface area contributed by atoms with E-state index >= 15 is 0 Å². The third-order valence-electron chi connectivity index (χ3n) is 4.90. The van der Waals surface area contributed by atoms with Gasteiger partial charge in [-0.25, -0.2) is 4.79 Å². The Morgan fingerprint density at radius 3 is 2.52 bits per heavy atom. The quantitative estimate of drug-likeness (QED) is 0.791. The number of fused-ring (bicyclic) bond motifs is 3. The monoisotopic (exact) mass is 378 g/mol. The molecule has 0 saturated carbocycles. The molecule has 2 amide bonds. The van der Waals surface area contributed by atoms with Crippen molar-refractivity contribution in [3.05, 3.63) is 17.0 Å². The Labute approximate surface area is 157 Å². The molecule has 2 aliphatic rings. The maximum Gasteiger partial charge on any atom is 0.410 e. The van der Waals surface area contributed by atoms with Gasteiger partial charge in [0, 0.05) is 31.6 Å². The molecule has 9 nitrogen and oxygen atoms in total. The van der Waals surface area contributed by atoms with E-state index in [2.05, 4.69) is 5.10 Å². The van der Waals surface area contributed by atoms with Crippen LogP contribution < -0.4 is 0 Å². The summed E-state index contributed by atoms with van der Waals surface area (Å²) in [5.41, 5.74) is 1.18. The Kier molecular flexibility index (Phi) is 4.65. The molecule has 0 fully saturated rings. The van der Waals surface area contributed by atoms with E-state index in [0.717, 1.165) is 5.69 Å². The molecule has 2 aliphatic heterocycles. The number of carbonyl (C=O) groups excluding carboxylic acids is 2. The first kappa shape index (κ1) is 19.2. The molecule has 0 bridgehead atoms. The molecule has 1 aromatic rings. The molecular formula is C18H26N4O5. The van der Waals surface area contributed by atoms with E-state index in [1.165, 1.54) is 9.58 Å². The van der Waals surface area contributed by atoms with Crippen LogP contribution in [0.2, 0.25) is 0 Å². The Hall–Kier alpha value is -2.58. The lowest BCUT2D eigenvalue weighted by Crippen LogP contribution is -2.45. The van der Waals surface area contributed by atoms with E-state index < -0.39 is 23.6 Å². The van der Waals surface area contributed by atoms with Gasteiger partial charge in [-0.3, -0.25) is 14.3 Å². The highest BCUT2D eigenvalue weighted by atomic mass is 16.6. The average Bonchev–Trinajstić information content (AvgIpc) is 2.81. The largest absolute Gasteiger partial charge is 0.481 e. The molecule has 2 unspecified atom stereocenters. The molecule has 1 N–H and O–H groups in total. The van der Waals surface area contributed by atoms with Crippen LogP contribution in [-0.4, -0.2) is 67.9 Å². The molecule has 148 valence electrons. The first-order valence-corrected chi connectivity index (χ1v) is 9.04. The zero-order valence-electron chi connectivity index (χ0n) is 16.4. The predicted molar refractivity (Wildman–Crippen MR) is 95.3 cm³/mol. The fourth-order valence-corrected chi connectivity index (χ4v) is 3.55. The topological polar surface area (TPSA) is 105 Å². The number of aromatic nitrogens is 2. The van der Waals surface area contributed by atoms with Gasteiger partial charge in [-0.1, -0.05) is 0 Å². The Morgan fingerprint density at radius 2 is 1.93 bits per heavy atom. The van der Waals surface area contributed by atoms with Crippen molar-refractivity contribution in [3.8, 4) is 0 Å². The van der Waals surface area contributed by atoms with Crippen molar-refractivity contribution in [2.75, 3.05) is 13.6 Å². The van der Waals surface area contributed by atoms with Crippen LogP contribution in [0.3, 0.4) is 0 Å². The molecule has 0 aromatic carbocycles. The smallest absolute Gasteiger partial charge is 0.410 e. The molecular weight excluding hydrogens is 352 g/mol. The summed E-state index contributed by atoms with van der Waals surface area (Å²) >= 11 is 0. The number of nitrogens with zero attached hydrogens (tertiary/aromatic N) is 4. The third-order valence-corrected chi connectivity index (χ3v) is 4.90. The van der Waals surface area contributed by atoms with Gasteiger partial charge in [0.2, 0.25) is 0 Å². The molecule has 0 radical (unpaired) electrons. The molecule has 2 atom stereocenters. The van der Waals surface area contributed by atoms with Crippen LogP contribution in [0.15, 0.2) is 0 Å². The fraction of sp³-hybridized carbons (Fsp3) is 0.667. The number of hydrogen-bond donors (Lipinski definition) is 1. The number of ether oxygens (including phenoxy) is 1. The van der Waals surface area contributed by atoms with Gasteiger partial charge in [-0.05, 0) is 27.7 Å². The van der Waals surface area contributed by atoms with Crippen molar-refractivity contribution in [1.82, 2.24) is 19.6 Å². The minimum atomic E-state index is -0.959. The maximum atomic E-state index is 12.9. The zero-order chi connectivity index (χ0) is 20.1. The van der Waals surface area contributed by atoms with Crippen LogP contribution >= 0.6 is 0 Å². The SMILES string of the molecule is CC1Cc2nn3c(c2CN1C(=O)OC(C)(C)C)C(=O)N(C)CC(C(=O)O)C3. The molecule has 3 rings (SSSR count). The summed E-state index contributed by atoms with van der Waals surface area (Å²) in [6.07, 6.45) is 0.0574. The molecule has 0 aliphatic carbocycles. The number of amides is 2. The second-order valence-corrected chi connectivity index (χ2v) is 8.34. The number of aliphatic carboxylic acids is 1. The summed E-state index contributed by atoms with van der Waals surface area (Å²) < 4.78 is 6.99. The number of carboxylic acids is 1. The van der Waals surface area contributed by atoms with E-state index in [-0.39, 0.29) is 31.6 Å². The Morgan fingerprint density at radius 1 is 1.26 bits per heavy atom. The van der Waals surface area contributed by atoms with Crippen molar-refractivity contribution in [2.24, 2.45) is 5.92 Å². The summed E-state index contributed by atoms with van der Waals surface area (Å²) in [6, 6.07) is -0.130. The summed E-state index contributed by atoms with van der Waals surface area (Å²) in [6.45, 7) is 7.81. The average molecular weight is 378 g/mol. The number of hydrogen-bond acceptors (Lipinski definition) is 5. The number of carbonyl (C=O) groups is 3. The van der Waals surface area contributed by atoms with E-state index in [1.54, 1.807) is 32.7 Å². The van der Waals surface area contributed by atoms with Gasteiger partial charge < -0.3 is 19.6 Å². The van der Waals surface area contributed by atoms with Gasteiger partial charge in [-0.15, -0.1) is 0 Å². The van der Waals surface area contributed by atoms with Gasteiger partial charge in [0.1, 0.15) is 11.3 Å². The Balaban J connectivity index is 1.96. The normalized spacial score (nSPS) is 22.8. The first-order chi connectivity index (χ1) is 12.5. The molecule has 27 heavy (non-hydrogen) atoms. The van der Waals surface area contributed by atoms with Crippen molar-refractivity contribution in [3.63, 3.8) is 0 Å². The lowest BCUT2D eigenvalue weighted by atomic mass is 9.99. The number of rotatable bonds is 1. The van der Waals surface area contributed by atoms with Gasteiger partial charge in [-0.2, -0.15) is 5.10 Å². The van der Waals surface area contributed by atoms with Gasteiger partial charge in [0.05, 0.1) is 24.7 Å². The van der Waals surface area contributed by atoms with Gasteiger partial charge in [0.15, 0.2) is 0 Å². The summed E-state index contributed by atoms with van der Waals surface area (Å²) in [5.74, 6) is -1.95. The lowest BCUT2D eigenvalue weighted by Gasteiger charge is -2.34. The number of carboxylic acid groups (broad SMARTS) is 1. The second-order valence-electron chi connectivity index (χ2n) is 8.34. The zero-order valence-corrected chi connectivity index (χ0v) is 16.4. The maximum absolute atomic E-state index is 12.9. The molecule has 1 aromatic heterocycles. The van der Waals surface area contributed by atoms with E-state index in [1.807, 2.05) is 6.92 Å². The van der Waals surface area contributed by atoms with Gasteiger partial charge >= 0.3 is 12.1 Å². The van der Waals surface area contributed by atoms with Gasteiger partial charge in [0.25, 0.3) is 5.91 Å². The van der Waals surface area contributed by atoms with E-state index in [4.69, 9.17) is 4.74 Å². The lowest BCUT2D eigenvalue weighted by molar-refractivity contribution is -0.142. The minimum Gasteiger partial charge on any atom is -0.481 e. The molecule has 0 saturated heterocycles. The second kappa shape index (κ2) is 6.54. The molecule has 3 heterocycles. The summed E-state index contributed by atoms with van der Waals surface area (Å²) in [7, 11) is 1.59. The molecule has 0 spiro atoms. The summed E-state index contributed by atoms with van der Waals surface area (Å²) in [5, 5.41) is 13.9. The van der Waals surface area contributed by atoms with Crippen LogP contribution in [0, 0.1) is 5.92 Å². The highest BCUT2D eigenvalue weighted by molar-refractivity contribution is 5.95. The minimum absolute atomic E-state index is 0.123.